The van der Waals surface area contributed by atoms with Gasteiger partial charge in [-0.3, -0.25) is 29.3 Å². The average Bonchev–Trinajstić information content (AvgIpc) is 2.95. The molecule has 0 saturated carbocycles. The Labute approximate surface area is 155 Å². The number of fused-ring (bicyclic) bond motifs is 2. The van der Waals surface area contributed by atoms with E-state index in [1.54, 1.807) is 36.7 Å². The number of carbonyl (C=O) groups is 3. The van der Waals surface area contributed by atoms with E-state index in [-0.39, 0.29) is 30.7 Å². The van der Waals surface area contributed by atoms with Crippen LogP contribution in [0.4, 0.5) is 0 Å². The molecule has 134 valence electrons. The largest absolute Gasteiger partial charge is 0.352 e. The van der Waals surface area contributed by atoms with Gasteiger partial charge in [0.05, 0.1) is 22.2 Å². The van der Waals surface area contributed by atoms with Crippen molar-refractivity contribution in [3.8, 4) is 0 Å². The summed E-state index contributed by atoms with van der Waals surface area (Å²) in [6.45, 7) is 0.398. The number of amides is 3. The lowest BCUT2D eigenvalue weighted by Crippen LogP contribution is -2.34. The summed E-state index contributed by atoms with van der Waals surface area (Å²) >= 11 is 0. The Balaban J connectivity index is 1.33. The Morgan fingerprint density at radius 2 is 1.59 bits per heavy atom. The molecule has 0 aliphatic carbocycles. The quantitative estimate of drug-likeness (QED) is 0.702. The normalized spacial score (nSPS) is 13.1. The highest BCUT2D eigenvalue weighted by Gasteiger charge is 2.34. The Morgan fingerprint density at radius 1 is 0.926 bits per heavy atom. The molecule has 7 heteroatoms. The highest BCUT2D eigenvalue weighted by Crippen LogP contribution is 2.22. The fraction of sp³-hybridized carbons (Fsp3) is 0.150. The molecule has 0 unspecified atom stereocenters. The molecule has 3 amide bonds. The summed E-state index contributed by atoms with van der Waals surface area (Å²) in [4.78, 5) is 46.3. The second kappa shape index (κ2) is 6.95. The van der Waals surface area contributed by atoms with Gasteiger partial charge in [0.1, 0.15) is 0 Å². The van der Waals surface area contributed by atoms with Gasteiger partial charge in [-0.05, 0) is 29.8 Å². The zero-order valence-corrected chi connectivity index (χ0v) is 14.4. The molecular weight excluding hydrogens is 344 g/mol. The van der Waals surface area contributed by atoms with E-state index in [1.807, 2.05) is 18.2 Å². The van der Waals surface area contributed by atoms with Crippen LogP contribution in [0.3, 0.4) is 0 Å². The first-order chi connectivity index (χ1) is 13.1. The van der Waals surface area contributed by atoms with E-state index in [0.717, 1.165) is 21.5 Å². The molecule has 4 rings (SSSR count). The molecule has 0 radical (unpaired) electrons. The lowest BCUT2D eigenvalue weighted by Gasteiger charge is -2.13. The molecule has 0 spiro atoms. The van der Waals surface area contributed by atoms with Crippen LogP contribution in [0.2, 0.25) is 0 Å². The summed E-state index contributed by atoms with van der Waals surface area (Å²) in [5.41, 5.74) is 3.23. The second-order valence-electron chi connectivity index (χ2n) is 6.21. The Morgan fingerprint density at radius 3 is 2.30 bits per heavy atom. The molecule has 27 heavy (non-hydrogen) atoms. The van der Waals surface area contributed by atoms with Crippen molar-refractivity contribution in [1.82, 2.24) is 20.2 Å². The van der Waals surface area contributed by atoms with Crippen LogP contribution in [0.1, 0.15) is 32.7 Å². The van der Waals surface area contributed by atoms with Crippen molar-refractivity contribution in [2.45, 2.75) is 13.0 Å². The molecule has 7 nitrogen and oxygen atoms in total. The molecule has 3 aromatic rings. The van der Waals surface area contributed by atoms with Crippen molar-refractivity contribution >= 4 is 28.8 Å². The average molecular weight is 360 g/mol. The van der Waals surface area contributed by atoms with E-state index < -0.39 is 0 Å². The summed E-state index contributed by atoms with van der Waals surface area (Å²) < 4.78 is 0. The zero-order chi connectivity index (χ0) is 18.8. The summed E-state index contributed by atoms with van der Waals surface area (Å²) in [5.74, 6) is -0.932. The maximum Gasteiger partial charge on any atom is 0.261 e. The molecule has 0 saturated heterocycles. The minimum absolute atomic E-state index is 0.0544. The van der Waals surface area contributed by atoms with Crippen molar-refractivity contribution < 1.29 is 14.4 Å². The fourth-order valence-corrected chi connectivity index (χ4v) is 3.06. The van der Waals surface area contributed by atoms with Crippen LogP contribution in [0.15, 0.2) is 54.9 Å². The Kier molecular flexibility index (Phi) is 4.33. The van der Waals surface area contributed by atoms with Gasteiger partial charge in [-0.15, -0.1) is 0 Å². The summed E-state index contributed by atoms with van der Waals surface area (Å²) in [7, 11) is 0. The van der Waals surface area contributed by atoms with E-state index in [4.69, 9.17) is 0 Å². The van der Waals surface area contributed by atoms with Gasteiger partial charge in [-0.1, -0.05) is 18.2 Å². The molecule has 1 aliphatic heterocycles. The first-order valence-corrected chi connectivity index (χ1v) is 8.55. The first kappa shape index (κ1) is 16.8. The number of nitrogens with one attached hydrogen (secondary N) is 1. The zero-order valence-electron chi connectivity index (χ0n) is 14.4. The minimum Gasteiger partial charge on any atom is -0.352 e. The molecule has 1 N–H and O–H groups in total. The molecule has 2 heterocycles. The van der Waals surface area contributed by atoms with E-state index in [2.05, 4.69) is 15.3 Å². The molecule has 1 aliphatic rings. The van der Waals surface area contributed by atoms with Gasteiger partial charge in [0.15, 0.2) is 0 Å². The molecule has 0 bridgehead atoms. The first-order valence-electron chi connectivity index (χ1n) is 8.55. The van der Waals surface area contributed by atoms with Gasteiger partial charge < -0.3 is 5.32 Å². The number of nitrogens with zero attached hydrogens (tertiary/aromatic N) is 3. The number of imide groups is 1. The monoisotopic (exact) mass is 360 g/mol. The van der Waals surface area contributed by atoms with Crippen LogP contribution < -0.4 is 5.32 Å². The Bertz CT molecular complexity index is 1030. The van der Waals surface area contributed by atoms with Gasteiger partial charge in [0.25, 0.3) is 11.8 Å². The minimum atomic E-state index is -0.350. The predicted octanol–water partition coefficient (Wildman–Crippen LogP) is 1.93. The molecular formula is C20H16N4O3. The van der Waals surface area contributed by atoms with Crippen molar-refractivity contribution in [1.29, 1.82) is 0 Å². The maximum atomic E-state index is 12.3. The number of rotatable bonds is 5. The Hall–Kier alpha value is -3.61. The van der Waals surface area contributed by atoms with Crippen LogP contribution in [0.5, 0.6) is 0 Å². The summed E-state index contributed by atoms with van der Waals surface area (Å²) in [6, 6.07) is 12.3. The van der Waals surface area contributed by atoms with E-state index in [9.17, 15) is 14.4 Å². The van der Waals surface area contributed by atoms with Crippen molar-refractivity contribution in [2.75, 3.05) is 6.54 Å². The van der Waals surface area contributed by atoms with Gasteiger partial charge in [0.2, 0.25) is 5.91 Å². The van der Waals surface area contributed by atoms with Crippen LogP contribution in [-0.4, -0.2) is 39.1 Å². The van der Waals surface area contributed by atoms with Crippen LogP contribution in [-0.2, 0) is 11.3 Å². The lowest BCUT2D eigenvalue weighted by atomic mass is 10.1. The standard InChI is InChI=1S/C20H16N4O3/c25-18(23-12-13-5-6-16-17(11-13)22-9-8-21-16)7-10-24-19(26)14-3-1-2-4-15(14)20(24)27/h1-6,8-9,11H,7,10,12H2,(H,23,25). The predicted molar refractivity (Wildman–Crippen MR) is 97.8 cm³/mol. The van der Waals surface area contributed by atoms with E-state index in [1.165, 1.54) is 0 Å². The third kappa shape index (κ3) is 3.27. The van der Waals surface area contributed by atoms with Crippen molar-refractivity contribution in [3.63, 3.8) is 0 Å². The molecule has 1 aromatic heterocycles. The number of aromatic nitrogens is 2. The second-order valence-corrected chi connectivity index (χ2v) is 6.21. The smallest absolute Gasteiger partial charge is 0.261 e. The van der Waals surface area contributed by atoms with Crippen LogP contribution >= 0.6 is 0 Å². The third-order valence-electron chi connectivity index (χ3n) is 4.46. The van der Waals surface area contributed by atoms with E-state index in [0.29, 0.717) is 17.7 Å². The molecule has 0 fully saturated rings. The van der Waals surface area contributed by atoms with Gasteiger partial charge in [0, 0.05) is 31.9 Å². The number of hydrogen-bond donors (Lipinski definition) is 1. The summed E-state index contributed by atoms with van der Waals surface area (Å²) in [6.07, 6.45) is 3.30. The summed E-state index contributed by atoms with van der Waals surface area (Å²) in [5, 5.41) is 2.80. The maximum absolute atomic E-state index is 12.3. The SMILES string of the molecule is O=C(CCN1C(=O)c2ccccc2C1=O)NCc1ccc2nccnc2c1. The third-order valence-corrected chi connectivity index (χ3v) is 4.46. The molecule has 0 atom stereocenters. The lowest BCUT2D eigenvalue weighted by molar-refractivity contribution is -0.121. The van der Waals surface area contributed by atoms with Gasteiger partial charge >= 0.3 is 0 Å². The highest BCUT2D eigenvalue weighted by molar-refractivity contribution is 6.21. The van der Waals surface area contributed by atoms with Crippen molar-refractivity contribution in [2.24, 2.45) is 0 Å². The number of benzene rings is 2. The highest BCUT2D eigenvalue weighted by atomic mass is 16.2. The number of hydrogen-bond acceptors (Lipinski definition) is 5. The van der Waals surface area contributed by atoms with Gasteiger partial charge in [-0.25, -0.2) is 0 Å². The fourth-order valence-electron chi connectivity index (χ4n) is 3.06. The van der Waals surface area contributed by atoms with Crippen LogP contribution in [0, 0.1) is 0 Å². The molecule has 2 aromatic carbocycles. The topological polar surface area (TPSA) is 92.3 Å². The number of carbonyl (C=O) groups excluding carboxylic acids is 3. The van der Waals surface area contributed by atoms with Crippen LogP contribution in [0.25, 0.3) is 11.0 Å². The van der Waals surface area contributed by atoms with Gasteiger partial charge in [-0.2, -0.15) is 0 Å². The van der Waals surface area contributed by atoms with Crippen molar-refractivity contribution in [3.05, 3.63) is 71.5 Å². The van der Waals surface area contributed by atoms with E-state index >= 15 is 0 Å².